The summed E-state index contributed by atoms with van der Waals surface area (Å²) in [5.41, 5.74) is 4.35. The van der Waals surface area contributed by atoms with Crippen molar-refractivity contribution >= 4 is 11.7 Å². The normalized spacial score (nSPS) is 23.8. The van der Waals surface area contributed by atoms with Crippen LogP contribution in [-0.2, 0) is 6.42 Å². The Kier molecular flexibility index (Phi) is 3.26. The summed E-state index contributed by atoms with van der Waals surface area (Å²) in [5, 5.41) is 3.06. The largest absolute Gasteiger partial charge is 0.454 e. The fourth-order valence-corrected chi connectivity index (χ4v) is 4.10. The highest BCUT2D eigenvalue weighted by Crippen LogP contribution is 2.40. The van der Waals surface area contributed by atoms with Crippen LogP contribution in [0.25, 0.3) is 0 Å². The molecular weight excluding hydrogens is 316 g/mol. The van der Waals surface area contributed by atoms with Gasteiger partial charge in [0.05, 0.1) is 11.8 Å². The summed E-state index contributed by atoms with van der Waals surface area (Å²) in [7, 11) is 0. The van der Waals surface area contributed by atoms with E-state index in [2.05, 4.69) is 28.5 Å². The van der Waals surface area contributed by atoms with Crippen LogP contribution in [0.4, 0.5) is 4.79 Å². The topological polar surface area (TPSA) is 59.9 Å². The molecule has 1 N–H and O–H groups in total. The smallest absolute Gasteiger partial charge is 0.341 e. The number of carbonyl (C=O) groups is 1. The van der Waals surface area contributed by atoms with Crippen LogP contribution in [0.15, 0.2) is 47.5 Å². The first-order valence-corrected chi connectivity index (χ1v) is 8.66. The van der Waals surface area contributed by atoms with Gasteiger partial charge in [-0.15, -0.1) is 0 Å². The van der Waals surface area contributed by atoms with E-state index in [1.807, 2.05) is 24.3 Å². The summed E-state index contributed by atoms with van der Waals surface area (Å²) in [5.74, 6) is 1.66. The Morgan fingerprint density at radius 1 is 1.08 bits per heavy atom. The predicted molar refractivity (Wildman–Crippen MR) is 93.2 cm³/mol. The minimum absolute atomic E-state index is 0.0966. The molecule has 0 bridgehead atoms. The number of ether oxygens (including phenoxy) is 2. The molecule has 5 nitrogen and oxygen atoms in total. The van der Waals surface area contributed by atoms with Gasteiger partial charge < -0.3 is 14.8 Å². The molecule has 2 heterocycles. The number of hydrogen-bond donors (Lipinski definition) is 1. The number of aryl methyl sites for hydroxylation is 1. The first-order valence-electron chi connectivity index (χ1n) is 8.66. The Bertz CT molecular complexity index is 890. The highest BCUT2D eigenvalue weighted by Gasteiger charge is 2.36. The first-order chi connectivity index (χ1) is 12.3. The van der Waals surface area contributed by atoms with Crippen LogP contribution in [0.3, 0.4) is 0 Å². The lowest BCUT2D eigenvalue weighted by molar-refractivity contribution is 0.174. The predicted octanol–water partition coefficient (Wildman–Crippen LogP) is 3.62. The third-order valence-corrected chi connectivity index (χ3v) is 5.26. The number of nitrogens with zero attached hydrogens (tertiary/aromatic N) is 1. The molecular formula is C20H18N2O3. The van der Waals surface area contributed by atoms with E-state index in [1.165, 1.54) is 5.56 Å². The van der Waals surface area contributed by atoms with Crippen LogP contribution in [-0.4, -0.2) is 18.5 Å². The number of rotatable bonds is 1. The van der Waals surface area contributed by atoms with Crippen LogP contribution in [0.1, 0.15) is 35.6 Å². The molecule has 2 unspecified atom stereocenters. The van der Waals surface area contributed by atoms with Crippen molar-refractivity contribution in [2.75, 3.05) is 6.79 Å². The Hall–Kier alpha value is -2.82. The maximum Gasteiger partial charge on any atom is 0.341 e. The molecule has 2 aromatic carbocycles. The summed E-state index contributed by atoms with van der Waals surface area (Å²) < 4.78 is 10.9. The van der Waals surface area contributed by atoms with Gasteiger partial charge in [-0.3, -0.25) is 0 Å². The number of carbonyl (C=O) groups excluding carboxylic acids is 1. The van der Waals surface area contributed by atoms with Crippen LogP contribution in [0.2, 0.25) is 0 Å². The van der Waals surface area contributed by atoms with E-state index in [4.69, 9.17) is 9.47 Å². The lowest BCUT2D eigenvalue weighted by Crippen LogP contribution is -2.41. The SMILES string of the molecule is O=C1N=C2c3ccccc3CCCC2C(c2ccc3c(c2)OCO3)N1. The van der Waals surface area contributed by atoms with Gasteiger partial charge in [-0.2, -0.15) is 4.99 Å². The van der Waals surface area contributed by atoms with E-state index < -0.39 is 0 Å². The third-order valence-electron chi connectivity index (χ3n) is 5.26. The van der Waals surface area contributed by atoms with Crippen LogP contribution < -0.4 is 14.8 Å². The van der Waals surface area contributed by atoms with Crippen molar-refractivity contribution in [1.29, 1.82) is 0 Å². The summed E-state index contributed by atoms with van der Waals surface area (Å²) in [6, 6.07) is 13.8. The van der Waals surface area contributed by atoms with E-state index >= 15 is 0 Å². The first kappa shape index (κ1) is 14.5. The van der Waals surface area contributed by atoms with E-state index in [0.717, 1.165) is 47.6 Å². The van der Waals surface area contributed by atoms with Crippen LogP contribution in [0.5, 0.6) is 11.5 Å². The van der Waals surface area contributed by atoms with Crippen molar-refractivity contribution in [1.82, 2.24) is 5.32 Å². The fourth-order valence-electron chi connectivity index (χ4n) is 4.10. The van der Waals surface area contributed by atoms with E-state index in [0.29, 0.717) is 0 Å². The number of hydrogen-bond acceptors (Lipinski definition) is 3. The molecule has 0 radical (unpaired) electrons. The molecule has 5 heteroatoms. The number of amides is 2. The summed E-state index contributed by atoms with van der Waals surface area (Å²) in [4.78, 5) is 16.7. The molecule has 25 heavy (non-hydrogen) atoms. The average molecular weight is 334 g/mol. The molecule has 2 amide bonds. The Morgan fingerprint density at radius 2 is 1.96 bits per heavy atom. The van der Waals surface area contributed by atoms with E-state index in [9.17, 15) is 4.79 Å². The second-order valence-corrected chi connectivity index (χ2v) is 6.69. The quantitative estimate of drug-likeness (QED) is 0.866. The van der Waals surface area contributed by atoms with Crippen molar-refractivity contribution in [2.24, 2.45) is 10.9 Å². The molecule has 5 rings (SSSR count). The highest BCUT2D eigenvalue weighted by molar-refractivity contribution is 6.10. The number of nitrogens with one attached hydrogen (secondary N) is 1. The van der Waals surface area contributed by atoms with Gasteiger partial charge >= 0.3 is 6.03 Å². The van der Waals surface area contributed by atoms with Crippen molar-refractivity contribution in [3.8, 4) is 11.5 Å². The molecule has 1 aliphatic carbocycles. The zero-order valence-corrected chi connectivity index (χ0v) is 13.7. The van der Waals surface area contributed by atoms with Crippen LogP contribution >= 0.6 is 0 Å². The minimum atomic E-state index is -0.273. The molecule has 0 aromatic heterocycles. The monoisotopic (exact) mass is 334 g/mol. The number of fused-ring (bicyclic) bond motifs is 4. The van der Waals surface area contributed by atoms with Gasteiger partial charge in [-0.1, -0.05) is 30.3 Å². The second kappa shape index (κ2) is 5.62. The summed E-state index contributed by atoms with van der Waals surface area (Å²) in [6.07, 6.45) is 3.10. The standard InChI is InChI=1S/C20H18N2O3/c23-20-21-18(13-8-9-16-17(10-13)25-11-24-16)15-7-3-5-12-4-1-2-6-14(12)19(15)22-20/h1-2,4,6,8-10,15,18H,3,5,7,11H2,(H,21,23). The van der Waals surface area contributed by atoms with Gasteiger partial charge in [0.15, 0.2) is 11.5 Å². The van der Waals surface area contributed by atoms with E-state index in [1.54, 1.807) is 0 Å². The van der Waals surface area contributed by atoms with Crippen molar-refractivity contribution < 1.29 is 14.3 Å². The average Bonchev–Trinajstić information content (AvgIpc) is 3.02. The molecule has 3 aliphatic rings. The third kappa shape index (κ3) is 2.38. The fraction of sp³-hybridized carbons (Fsp3) is 0.300. The van der Waals surface area contributed by atoms with Crippen molar-refractivity contribution in [3.63, 3.8) is 0 Å². The molecule has 126 valence electrons. The minimum Gasteiger partial charge on any atom is -0.454 e. The van der Waals surface area contributed by atoms with Gasteiger partial charge in [0.25, 0.3) is 0 Å². The van der Waals surface area contributed by atoms with Crippen molar-refractivity contribution in [3.05, 3.63) is 59.2 Å². The summed E-state index contributed by atoms with van der Waals surface area (Å²) in [6.45, 7) is 0.249. The zero-order chi connectivity index (χ0) is 16.8. The molecule has 0 fully saturated rings. The Balaban J connectivity index is 1.59. The number of urea groups is 1. The van der Waals surface area contributed by atoms with E-state index in [-0.39, 0.29) is 24.8 Å². The molecule has 2 atom stereocenters. The molecule has 0 spiro atoms. The van der Waals surface area contributed by atoms with Gasteiger partial charge in [0.1, 0.15) is 0 Å². The molecule has 0 saturated heterocycles. The Morgan fingerprint density at radius 3 is 2.92 bits per heavy atom. The number of benzene rings is 2. The maximum absolute atomic E-state index is 12.3. The maximum atomic E-state index is 12.3. The van der Waals surface area contributed by atoms with Crippen LogP contribution in [0, 0.1) is 5.92 Å². The molecule has 2 aliphatic heterocycles. The zero-order valence-electron chi connectivity index (χ0n) is 13.7. The van der Waals surface area contributed by atoms with Gasteiger partial charge in [-0.25, -0.2) is 4.79 Å². The van der Waals surface area contributed by atoms with Crippen molar-refractivity contribution in [2.45, 2.75) is 25.3 Å². The van der Waals surface area contributed by atoms with Gasteiger partial charge in [0.2, 0.25) is 6.79 Å². The van der Waals surface area contributed by atoms with Gasteiger partial charge in [-0.05, 0) is 48.1 Å². The molecule has 0 saturated carbocycles. The number of aliphatic imine (C=N–C) groups is 1. The second-order valence-electron chi connectivity index (χ2n) is 6.69. The summed E-state index contributed by atoms with van der Waals surface area (Å²) >= 11 is 0. The highest BCUT2D eigenvalue weighted by atomic mass is 16.7. The van der Waals surface area contributed by atoms with Gasteiger partial charge in [0, 0.05) is 5.92 Å². The molecule has 2 aromatic rings. The lowest BCUT2D eigenvalue weighted by atomic mass is 9.83. The lowest BCUT2D eigenvalue weighted by Gasteiger charge is -2.32. The Labute approximate surface area is 145 Å².